The number of nitrogens with two attached hydrogens (primary N) is 1. The number of hydrogen-bond acceptors (Lipinski definition) is 1. The molecule has 1 nitrogen and oxygen atoms in total. The molecule has 1 aromatic rings. The lowest BCUT2D eigenvalue weighted by molar-refractivity contribution is 0.567. The Morgan fingerprint density at radius 3 is 2.80 bits per heavy atom. The van der Waals surface area contributed by atoms with Crippen LogP contribution in [0.5, 0.6) is 0 Å². The second-order valence-electron chi connectivity index (χ2n) is 3.81. The normalized spacial score (nSPS) is 12.8. The predicted molar refractivity (Wildman–Crippen MR) is 65.3 cm³/mol. The third-order valence-electron chi connectivity index (χ3n) is 2.55. The third-order valence-corrected chi connectivity index (χ3v) is 3.16. The Labute approximate surface area is 99.0 Å². The molecule has 0 fully saturated rings. The van der Waals surface area contributed by atoms with Crippen molar-refractivity contribution in [3.63, 3.8) is 0 Å². The van der Waals surface area contributed by atoms with Crippen molar-refractivity contribution in [1.82, 2.24) is 0 Å². The first-order valence-electron chi connectivity index (χ1n) is 5.33. The zero-order chi connectivity index (χ0) is 11.3. The number of aryl methyl sites for hydroxylation is 1. The zero-order valence-corrected chi connectivity index (χ0v) is 10.6. The summed E-state index contributed by atoms with van der Waals surface area (Å²) in [6, 6.07) is 5.47. The van der Waals surface area contributed by atoms with Crippen LogP contribution in [0.15, 0.2) is 22.7 Å². The first-order valence-corrected chi connectivity index (χ1v) is 6.12. The fourth-order valence-electron chi connectivity index (χ4n) is 1.47. The molecule has 1 rings (SSSR count). The standard InChI is InChI=1S/C12H17BrFN/c1-2-10(15)5-3-4-9-6-7-12(14)11(13)8-9/h6-8,10H,2-5,15H2,1H3. The van der Waals surface area contributed by atoms with Crippen LogP contribution in [0.3, 0.4) is 0 Å². The average Bonchev–Trinajstić information content (AvgIpc) is 2.23. The van der Waals surface area contributed by atoms with Gasteiger partial charge >= 0.3 is 0 Å². The van der Waals surface area contributed by atoms with E-state index in [0.717, 1.165) is 31.2 Å². The van der Waals surface area contributed by atoms with Crippen molar-refractivity contribution in [2.75, 3.05) is 0 Å². The van der Waals surface area contributed by atoms with Gasteiger partial charge in [0.1, 0.15) is 5.82 Å². The molecule has 0 saturated carbocycles. The Bertz CT molecular complexity index is 314. The topological polar surface area (TPSA) is 26.0 Å². The van der Waals surface area contributed by atoms with Gasteiger partial charge < -0.3 is 5.73 Å². The van der Waals surface area contributed by atoms with Crippen molar-refractivity contribution in [3.05, 3.63) is 34.1 Å². The average molecular weight is 274 g/mol. The monoisotopic (exact) mass is 273 g/mol. The molecular formula is C12H17BrFN. The highest BCUT2D eigenvalue weighted by molar-refractivity contribution is 9.10. The Morgan fingerprint density at radius 2 is 2.20 bits per heavy atom. The van der Waals surface area contributed by atoms with E-state index in [1.807, 2.05) is 12.1 Å². The third kappa shape index (κ3) is 4.31. The van der Waals surface area contributed by atoms with E-state index in [9.17, 15) is 4.39 Å². The summed E-state index contributed by atoms with van der Waals surface area (Å²) in [5, 5.41) is 0. The molecule has 0 aliphatic rings. The van der Waals surface area contributed by atoms with E-state index in [1.165, 1.54) is 6.07 Å². The maximum atomic E-state index is 12.9. The highest BCUT2D eigenvalue weighted by atomic mass is 79.9. The van der Waals surface area contributed by atoms with Crippen LogP contribution >= 0.6 is 15.9 Å². The summed E-state index contributed by atoms with van der Waals surface area (Å²) in [5.41, 5.74) is 6.98. The summed E-state index contributed by atoms with van der Waals surface area (Å²) in [6.07, 6.45) is 4.08. The lowest BCUT2D eigenvalue weighted by atomic mass is 10.0. The molecule has 1 atom stereocenters. The van der Waals surface area contributed by atoms with Gasteiger partial charge in [0.2, 0.25) is 0 Å². The molecule has 0 aliphatic heterocycles. The lowest BCUT2D eigenvalue weighted by Crippen LogP contribution is -2.18. The molecule has 0 saturated heterocycles. The summed E-state index contributed by atoms with van der Waals surface area (Å²) in [7, 11) is 0. The Morgan fingerprint density at radius 1 is 1.47 bits per heavy atom. The number of benzene rings is 1. The largest absolute Gasteiger partial charge is 0.328 e. The molecule has 1 aromatic carbocycles. The molecule has 0 aliphatic carbocycles. The highest BCUT2D eigenvalue weighted by Crippen LogP contribution is 2.18. The van der Waals surface area contributed by atoms with Crippen molar-refractivity contribution in [2.24, 2.45) is 5.73 Å². The molecule has 0 heterocycles. The van der Waals surface area contributed by atoms with Crippen LogP contribution in [0.4, 0.5) is 4.39 Å². The van der Waals surface area contributed by atoms with E-state index in [-0.39, 0.29) is 5.82 Å². The Balaban J connectivity index is 2.41. The number of rotatable bonds is 5. The quantitative estimate of drug-likeness (QED) is 0.871. The van der Waals surface area contributed by atoms with Gasteiger partial charge in [-0.2, -0.15) is 0 Å². The van der Waals surface area contributed by atoms with Crippen LogP contribution < -0.4 is 5.73 Å². The summed E-state index contributed by atoms with van der Waals surface area (Å²) in [4.78, 5) is 0. The first-order chi connectivity index (χ1) is 7.13. The molecule has 0 bridgehead atoms. The van der Waals surface area contributed by atoms with Gasteiger partial charge in [0.05, 0.1) is 4.47 Å². The van der Waals surface area contributed by atoms with E-state index in [1.54, 1.807) is 0 Å². The van der Waals surface area contributed by atoms with Crippen LogP contribution in [0.1, 0.15) is 31.7 Å². The van der Waals surface area contributed by atoms with Crippen LogP contribution in [-0.4, -0.2) is 6.04 Å². The Kier molecular flexibility index (Phi) is 5.26. The summed E-state index contributed by atoms with van der Waals surface area (Å²) < 4.78 is 13.5. The van der Waals surface area contributed by atoms with Crippen LogP contribution in [0, 0.1) is 5.82 Å². The minimum absolute atomic E-state index is 0.205. The van der Waals surface area contributed by atoms with Crippen molar-refractivity contribution < 1.29 is 4.39 Å². The molecule has 3 heteroatoms. The number of halogens is 2. The van der Waals surface area contributed by atoms with Crippen molar-refractivity contribution in [1.29, 1.82) is 0 Å². The minimum atomic E-state index is -0.205. The van der Waals surface area contributed by atoms with E-state index in [4.69, 9.17) is 5.73 Å². The molecule has 0 aromatic heterocycles. The number of hydrogen-bond donors (Lipinski definition) is 1. The maximum Gasteiger partial charge on any atom is 0.137 e. The zero-order valence-electron chi connectivity index (χ0n) is 8.97. The van der Waals surface area contributed by atoms with Crippen molar-refractivity contribution in [3.8, 4) is 0 Å². The van der Waals surface area contributed by atoms with Crippen LogP contribution in [-0.2, 0) is 6.42 Å². The summed E-state index contributed by atoms with van der Waals surface area (Å²) in [5.74, 6) is -0.205. The van der Waals surface area contributed by atoms with Gasteiger partial charge in [0.25, 0.3) is 0 Å². The molecule has 15 heavy (non-hydrogen) atoms. The fourth-order valence-corrected chi connectivity index (χ4v) is 1.89. The van der Waals surface area contributed by atoms with Gasteiger partial charge in [-0.05, 0) is 59.3 Å². The predicted octanol–water partition coefficient (Wildman–Crippen LogP) is 3.65. The van der Waals surface area contributed by atoms with Gasteiger partial charge in [0, 0.05) is 6.04 Å². The molecular weight excluding hydrogens is 257 g/mol. The first kappa shape index (κ1) is 12.7. The second kappa shape index (κ2) is 6.23. The summed E-state index contributed by atoms with van der Waals surface area (Å²) in [6.45, 7) is 2.10. The fraction of sp³-hybridized carbons (Fsp3) is 0.500. The Hall–Kier alpha value is -0.410. The van der Waals surface area contributed by atoms with Gasteiger partial charge in [-0.3, -0.25) is 0 Å². The van der Waals surface area contributed by atoms with Gasteiger partial charge in [-0.1, -0.05) is 13.0 Å². The summed E-state index contributed by atoms with van der Waals surface area (Å²) >= 11 is 3.18. The molecule has 0 radical (unpaired) electrons. The van der Waals surface area contributed by atoms with E-state index >= 15 is 0 Å². The molecule has 1 unspecified atom stereocenters. The van der Waals surface area contributed by atoms with Gasteiger partial charge in [0.15, 0.2) is 0 Å². The SMILES string of the molecule is CCC(N)CCCc1ccc(F)c(Br)c1. The van der Waals surface area contributed by atoms with Crippen molar-refractivity contribution in [2.45, 2.75) is 38.6 Å². The molecule has 2 N–H and O–H groups in total. The lowest BCUT2D eigenvalue weighted by Gasteiger charge is -2.08. The maximum absolute atomic E-state index is 12.9. The molecule has 0 spiro atoms. The van der Waals surface area contributed by atoms with E-state index < -0.39 is 0 Å². The highest BCUT2D eigenvalue weighted by Gasteiger charge is 2.02. The molecule has 84 valence electrons. The molecule has 0 amide bonds. The van der Waals surface area contributed by atoms with E-state index in [2.05, 4.69) is 22.9 Å². The van der Waals surface area contributed by atoms with Crippen molar-refractivity contribution >= 4 is 15.9 Å². The van der Waals surface area contributed by atoms with Gasteiger partial charge in [-0.15, -0.1) is 0 Å². The van der Waals surface area contributed by atoms with Crippen LogP contribution in [0.2, 0.25) is 0 Å². The minimum Gasteiger partial charge on any atom is -0.328 e. The smallest absolute Gasteiger partial charge is 0.137 e. The van der Waals surface area contributed by atoms with Crippen LogP contribution in [0.25, 0.3) is 0 Å². The second-order valence-corrected chi connectivity index (χ2v) is 4.66. The van der Waals surface area contributed by atoms with E-state index in [0.29, 0.717) is 10.5 Å². The van der Waals surface area contributed by atoms with Gasteiger partial charge in [-0.25, -0.2) is 4.39 Å².